The Balaban J connectivity index is 2.12. The summed E-state index contributed by atoms with van der Waals surface area (Å²) >= 11 is 0. The fraction of sp³-hybridized carbons (Fsp3) is 0.429. The summed E-state index contributed by atoms with van der Waals surface area (Å²) in [5, 5.41) is 2.52. The Morgan fingerprint density at radius 2 is 1.24 bits per heavy atom. The highest BCUT2D eigenvalue weighted by Crippen LogP contribution is 2.41. The zero-order chi connectivity index (χ0) is 24.3. The van der Waals surface area contributed by atoms with E-state index in [4.69, 9.17) is 13.3 Å². The van der Waals surface area contributed by atoms with Crippen molar-refractivity contribution in [2.45, 2.75) is 70.8 Å². The molecule has 2 aromatic carbocycles. The summed E-state index contributed by atoms with van der Waals surface area (Å²) in [6, 6.07) is 25.4. The second kappa shape index (κ2) is 9.75. The zero-order valence-corrected chi connectivity index (χ0v) is 23.5. The van der Waals surface area contributed by atoms with E-state index >= 15 is 0 Å². The minimum absolute atomic E-state index is 0.114. The summed E-state index contributed by atoms with van der Waals surface area (Å²) in [7, 11) is -4.70. The van der Waals surface area contributed by atoms with Gasteiger partial charge in [-0.1, -0.05) is 102 Å². The Morgan fingerprint density at radius 1 is 0.727 bits per heavy atom. The molecule has 0 bridgehead atoms. The van der Waals surface area contributed by atoms with Crippen molar-refractivity contribution in [3.8, 4) is 0 Å². The van der Waals surface area contributed by atoms with Crippen LogP contribution in [0.15, 0.2) is 83.5 Å². The quantitative estimate of drug-likeness (QED) is 0.328. The molecule has 0 fully saturated rings. The van der Waals surface area contributed by atoms with Crippen molar-refractivity contribution in [2.24, 2.45) is 0 Å². The molecule has 0 spiro atoms. The van der Waals surface area contributed by atoms with Gasteiger partial charge in [-0.05, 0) is 45.7 Å². The zero-order valence-electron chi connectivity index (χ0n) is 21.5. The molecule has 0 saturated heterocycles. The van der Waals surface area contributed by atoms with Crippen molar-refractivity contribution in [3.05, 3.63) is 84.8 Å². The minimum atomic E-state index is -2.74. The van der Waals surface area contributed by atoms with Crippen LogP contribution in [0.3, 0.4) is 0 Å². The smallest absolute Gasteiger partial charge is 0.262 e. The number of hydrogen-bond donors (Lipinski definition) is 0. The Hall–Kier alpha value is -1.93. The van der Waals surface area contributed by atoms with Gasteiger partial charge in [0.15, 0.2) is 8.32 Å². The lowest BCUT2D eigenvalue weighted by molar-refractivity contribution is 0.0939. The van der Waals surface area contributed by atoms with Crippen molar-refractivity contribution in [3.63, 3.8) is 0 Å². The lowest BCUT2D eigenvalue weighted by atomic mass is 10.2. The van der Waals surface area contributed by atoms with Gasteiger partial charge in [0.2, 0.25) is 0 Å². The molecule has 33 heavy (non-hydrogen) atoms. The van der Waals surface area contributed by atoms with E-state index < -0.39 is 16.6 Å². The van der Waals surface area contributed by atoms with E-state index in [9.17, 15) is 0 Å². The van der Waals surface area contributed by atoms with Crippen molar-refractivity contribution in [1.82, 2.24) is 0 Å². The molecular formula is C28H40O3Si2. The van der Waals surface area contributed by atoms with E-state index in [1.807, 2.05) is 12.1 Å². The second-order valence-electron chi connectivity index (χ2n) is 11.4. The Labute approximate surface area is 202 Å². The highest BCUT2D eigenvalue weighted by molar-refractivity contribution is 6.99. The first-order chi connectivity index (χ1) is 15.4. The monoisotopic (exact) mass is 480 g/mol. The predicted molar refractivity (Wildman–Crippen MR) is 143 cm³/mol. The van der Waals surface area contributed by atoms with Crippen LogP contribution < -0.4 is 10.4 Å². The number of benzene rings is 2. The van der Waals surface area contributed by atoms with Gasteiger partial charge in [-0.25, -0.2) is 0 Å². The van der Waals surface area contributed by atoms with E-state index in [1.165, 1.54) is 10.4 Å². The third kappa shape index (κ3) is 5.43. The van der Waals surface area contributed by atoms with Crippen LogP contribution in [0, 0.1) is 0 Å². The molecule has 178 valence electrons. The summed E-state index contributed by atoms with van der Waals surface area (Å²) in [5.41, 5.74) is 0. The van der Waals surface area contributed by atoms with E-state index in [2.05, 4.69) is 115 Å². The maximum atomic E-state index is 7.37. The van der Waals surface area contributed by atoms with Gasteiger partial charge >= 0.3 is 0 Å². The summed E-state index contributed by atoms with van der Waals surface area (Å²) in [6.45, 7) is 18.8. The minimum Gasteiger partial charge on any atom is -0.467 e. The summed E-state index contributed by atoms with van der Waals surface area (Å²) in [5.74, 6) is 0.821. The van der Waals surface area contributed by atoms with Gasteiger partial charge in [0.05, 0.1) is 12.9 Å². The van der Waals surface area contributed by atoms with Gasteiger partial charge < -0.3 is 13.3 Å². The van der Waals surface area contributed by atoms with Gasteiger partial charge in [-0.3, -0.25) is 0 Å². The Kier molecular flexibility index (Phi) is 7.59. The van der Waals surface area contributed by atoms with Crippen molar-refractivity contribution in [2.75, 3.05) is 6.61 Å². The highest BCUT2D eigenvalue weighted by atomic mass is 28.4. The van der Waals surface area contributed by atoms with E-state index in [-0.39, 0.29) is 16.2 Å². The van der Waals surface area contributed by atoms with Crippen LogP contribution in [0.5, 0.6) is 0 Å². The lowest BCUT2D eigenvalue weighted by Crippen LogP contribution is -2.67. The summed E-state index contributed by atoms with van der Waals surface area (Å²) < 4.78 is 20.0. The first-order valence-corrected chi connectivity index (χ1v) is 16.7. The van der Waals surface area contributed by atoms with Crippen LogP contribution in [-0.4, -0.2) is 23.2 Å². The van der Waals surface area contributed by atoms with Crippen LogP contribution >= 0.6 is 0 Å². The van der Waals surface area contributed by atoms with Gasteiger partial charge in [0, 0.05) is 0 Å². The maximum absolute atomic E-state index is 7.37. The Morgan fingerprint density at radius 3 is 1.64 bits per heavy atom. The largest absolute Gasteiger partial charge is 0.467 e. The fourth-order valence-corrected chi connectivity index (χ4v) is 9.68. The molecule has 3 nitrogen and oxygen atoms in total. The third-order valence-electron chi connectivity index (χ3n) is 7.00. The predicted octanol–water partition coefficient (Wildman–Crippen LogP) is 6.92. The molecular weight excluding hydrogens is 440 g/mol. The standard InChI is InChI=1S/C28H40O3Si2/c1-27(2,3)32(7,8)30-22-26(25-20-15-21-29-25)31-33(28(4,5)6,23-16-11-9-12-17-23)24-18-13-10-14-19-24/h9-21,26H,22H2,1-8H3/t26-/m1/s1. The van der Waals surface area contributed by atoms with Crippen LogP contribution in [0.25, 0.3) is 0 Å². The fourth-order valence-electron chi connectivity index (χ4n) is 4.05. The topological polar surface area (TPSA) is 31.6 Å². The lowest BCUT2D eigenvalue weighted by Gasteiger charge is -2.45. The van der Waals surface area contributed by atoms with Crippen molar-refractivity contribution < 1.29 is 13.3 Å². The molecule has 3 aromatic rings. The van der Waals surface area contributed by atoms with E-state index in [0.29, 0.717) is 6.61 Å². The van der Waals surface area contributed by atoms with E-state index in [1.54, 1.807) is 6.26 Å². The van der Waals surface area contributed by atoms with Crippen molar-refractivity contribution >= 4 is 27.0 Å². The molecule has 0 amide bonds. The molecule has 1 aromatic heterocycles. The first kappa shape index (κ1) is 25.7. The van der Waals surface area contributed by atoms with Gasteiger partial charge in [0.1, 0.15) is 11.9 Å². The molecule has 0 saturated carbocycles. The molecule has 0 aliphatic carbocycles. The van der Waals surface area contributed by atoms with Gasteiger partial charge in [-0.2, -0.15) is 0 Å². The third-order valence-corrected chi connectivity index (χ3v) is 16.5. The average molecular weight is 481 g/mol. The molecule has 0 aliphatic heterocycles. The maximum Gasteiger partial charge on any atom is 0.262 e. The molecule has 3 rings (SSSR count). The van der Waals surface area contributed by atoms with Crippen LogP contribution in [-0.2, 0) is 8.85 Å². The number of rotatable bonds is 8. The van der Waals surface area contributed by atoms with Crippen molar-refractivity contribution in [1.29, 1.82) is 0 Å². The van der Waals surface area contributed by atoms with Crippen LogP contribution in [0.2, 0.25) is 23.2 Å². The molecule has 1 atom stereocenters. The van der Waals surface area contributed by atoms with E-state index in [0.717, 1.165) is 5.76 Å². The van der Waals surface area contributed by atoms with Gasteiger partial charge in [0.25, 0.3) is 8.32 Å². The second-order valence-corrected chi connectivity index (χ2v) is 20.4. The summed E-state index contributed by atoms with van der Waals surface area (Å²) in [6.07, 6.45) is 1.43. The van der Waals surface area contributed by atoms with Gasteiger partial charge in [-0.15, -0.1) is 0 Å². The average Bonchev–Trinajstić information content (AvgIpc) is 3.28. The van der Waals surface area contributed by atoms with Crippen LogP contribution in [0.4, 0.5) is 0 Å². The Bertz CT molecular complexity index is 946. The molecule has 0 unspecified atom stereocenters. The SMILES string of the molecule is CC(C)(C)[Si](C)(C)OC[C@@H](O[Si](c1ccccc1)(c1ccccc1)C(C)(C)C)c1ccco1. The molecule has 1 heterocycles. The molecule has 0 aliphatic rings. The number of hydrogen-bond acceptors (Lipinski definition) is 3. The molecule has 5 heteroatoms. The summed E-state index contributed by atoms with van der Waals surface area (Å²) in [4.78, 5) is 0. The number of furan rings is 1. The molecule has 0 radical (unpaired) electrons. The van der Waals surface area contributed by atoms with Crippen LogP contribution in [0.1, 0.15) is 53.4 Å². The highest BCUT2D eigenvalue weighted by Gasteiger charge is 2.52. The normalized spacial score (nSPS) is 14.3. The molecule has 0 N–H and O–H groups in total. The first-order valence-electron chi connectivity index (χ1n) is 11.8.